The van der Waals surface area contributed by atoms with E-state index in [0.717, 1.165) is 31.5 Å². The van der Waals surface area contributed by atoms with Gasteiger partial charge in [0, 0.05) is 6.04 Å². The molecule has 0 amide bonds. The Morgan fingerprint density at radius 3 is 2.88 bits per heavy atom. The molecule has 0 aliphatic carbocycles. The van der Waals surface area contributed by atoms with Crippen molar-refractivity contribution in [1.82, 2.24) is 19.7 Å². The fourth-order valence-electron chi connectivity index (χ4n) is 2.98. The monoisotopic (exact) mass is 353 g/mol. The van der Waals surface area contributed by atoms with Gasteiger partial charge in [0.15, 0.2) is 0 Å². The van der Waals surface area contributed by atoms with Crippen LogP contribution < -0.4 is 5.14 Å². The van der Waals surface area contributed by atoms with Gasteiger partial charge in [-0.1, -0.05) is 6.42 Å². The molecule has 2 aromatic rings. The lowest BCUT2D eigenvalue weighted by atomic mass is 10.0. The quantitative estimate of drug-likeness (QED) is 0.897. The predicted octanol–water partition coefficient (Wildman–Crippen LogP) is 1.43. The number of halogens is 1. The van der Waals surface area contributed by atoms with Gasteiger partial charge >= 0.3 is 0 Å². The van der Waals surface area contributed by atoms with E-state index in [-0.39, 0.29) is 10.6 Å². The number of hydrogen-bond acceptors (Lipinski definition) is 5. The van der Waals surface area contributed by atoms with Gasteiger partial charge in [0.25, 0.3) is 0 Å². The summed E-state index contributed by atoms with van der Waals surface area (Å²) in [7, 11) is -3.92. The number of benzene rings is 1. The summed E-state index contributed by atoms with van der Waals surface area (Å²) >= 11 is 0. The number of nitrogens with two attached hydrogens (primary N) is 1. The molecule has 0 radical (unpaired) electrons. The third-order valence-electron chi connectivity index (χ3n) is 4.38. The Hall–Kier alpha value is -1.84. The molecule has 1 aliphatic rings. The van der Waals surface area contributed by atoms with Crippen molar-refractivity contribution in [1.29, 1.82) is 0 Å². The van der Waals surface area contributed by atoms with Crippen molar-refractivity contribution >= 4 is 10.0 Å². The maximum atomic E-state index is 14.2. The Morgan fingerprint density at radius 2 is 2.17 bits per heavy atom. The average molecular weight is 353 g/mol. The Morgan fingerprint density at radius 1 is 1.38 bits per heavy atom. The molecule has 1 atom stereocenters. The van der Waals surface area contributed by atoms with Crippen molar-refractivity contribution in [3.05, 3.63) is 36.2 Å². The van der Waals surface area contributed by atoms with Gasteiger partial charge in [-0.05, 0) is 44.5 Å². The van der Waals surface area contributed by atoms with Gasteiger partial charge in [0.2, 0.25) is 10.0 Å². The van der Waals surface area contributed by atoms with Crippen molar-refractivity contribution in [2.45, 2.75) is 43.7 Å². The fraction of sp³-hybridized carbons (Fsp3) is 0.467. The molecule has 1 unspecified atom stereocenters. The highest BCUT2D eigenvalue weighted by atomic mass is 32.2. The Balaban J connectivity index is 1.95. The van der Waals surface area contributed by atoms with E-state index in [1.807, 2.05) is 0 Å². The number of primary sulfonamides is 1. The van der Waals surface area contributed by atoms with Crippen molar-refractivity contribution in [2.24, 2.45) is 5.14 Å². The van der Waals surface area contributed by atoms with Gasteiger partial charge in [0.05, 0.1) is 11.4 Å². The molecule has 1 aromatic heterocycles. The molecule has 2 heterocycles. The second-order valence-electron chi connectivity index (χ2n) is 6.06. The molecule has 2 N–H and O–H groups in total. The zero-order valence-electron chi connectivity index (χ0n) is 13.4. The maximum Gasteiger partial charge on any atom is 0.238 e. The van der Waals surface area contributed by atoms with Gasteiger partial charge in [0.1, 0.15) is 23.7 Å². The highest BCUT2D eigenvalue weighted by Gasteiger charge is 2.22. The summed E-state index contributed by atoms with van der Waals surface area (Å²) in [6.07, 6.45) is 4.78. The van der Waals surface area contributed by atoms with Crippen LogP contribution in [0.4, 0.5) is 4.39 Å². The first-order valence-corrected chi connectivity index (χ1v) is 9.36. The maximum absolute atomic E-state index is 14.2. The van der Waals surface area contributed by atoms with E-state index in [4.69, 9.17) is 5.14 Å². The van der Waals surface area contributed by atoms with Crippen LogP contribution in [0.15, 0.2) is 29.4 Å². The van der Waals surface area contributed by atoms with E-state index in [2.05, 4.69) is 21.9 Å². The van der Waals surface area contributed by atoms with Crippen molar-refractivity contribution in [3.63, 3.8) is 0 Å². The third kappa shape index (κ3) is 3.47. The second-order valence-corrected chi connectivity index (χ2v) is 7.62. The smallest absolute Gasteiger partial charge is 0.238 e. The standard InChI is InChI=1S/C15H20FN5O2S/c1-11-4-2-3-7-20(11)9-15-18-10-19-21(15)14-8-12(24(17,22)23)5-6-13(14)16/h5-6,8,10-11H,2-4,7,9H2,1H3,(H2,17,22,23). The zero-order chi connectivity index (χ0) is 17.3. The lowest BCUT2D eigenvalue weighted by Crippen LogP contribution is -2.37. The van der Waals surface area contributed by atoms with E-state index < -0.39 is 15.8 Å². The van der Waals surface area contributed by atoms with E-state index >= 15 is 0 Å². The van der Waals surface area contributed by atoms with Gasteiger partial charge in [-0.3, -0.25) is 4.90 Å². The molecule has 24 heavy (non-hydrogen) atoms. The van der Waals surface area contributed by atoms with Crippen LogP contribution in [-0.4, -0.2) is 40.7 Å². The van der Waals surface area contributed by atoms with E-state index in [1.54, 1.807) is 0 Å². The number of sulfonamides is 1. The molecular weight excluding hydrogens is 333 g/mol. The van der Waals surface area contributed by atoms with Crippen LogP contribution in [0, 0.1) is 5.82 Å². The van der Waals surface area contributed by atoms with Gasteiger partial charge in [-0.15, -0.1) is 0 Å². The molecule has 130 valence electrons. The molecule has 1 fully saturated rings. The molecule has 1 aliphatic heterocycles. The topological polar surface area (TPSA) is 94.1 Å². The van der Waals surface area contributed by atoms with Crippen molar-refractivity contribution in [2.75, 3.05) is 6.54 Å². The SMILES string of the molecule is CC1CCCCN1Cc1ncnn1-c1cc(S(N)(=O)=O)ccc1F. The largest absolute Gasteiger partial charge is 0.293 e. The summed E-state index contributed by atoms with van der Waals surface area (Å²) in [5.41, 5.74) is 0.0266. The fourth-order valence-corrected chi connectivity index (χ4v) is 3.51. The van der Waals surface area contributed by atoms with Crippen LogP contribution in [0.1, 0.15) is 32.0 Å². The first-order chi connectivity index (χ1) is 11.4. The van der Waals surface area contributed by atoms with Crippen LogP contribution in [0.2, 0.25) is 0 Å². The van der Waals surface area contributed by atoms with Crippen molar-refractivity contribution < 1.29 is 12.8 Å². The summed E-state index contributed by atoms with van der Waals surface area (Å²) in [5.74, 6) is -0.0185. The third-order valence-corrected chi connectivity index (χ3v) is 5.29. The summed E-state index contributed by atoms with van der Waals surface area (Å²) in [5, 5.41) is 9.20. The first-order valence-electron chi connectivity index (χ1n) is 7.82. The number of nitrogens with zero attached hydrogens (tertiary/aromatic N) is 4. The molecule has 3 rings (SSSR count). The highest BCUT2D eigenvalue weighted by Crippen LogP contribution is 2.22. The predicted molar refractivity (Wildman–Crippen MR) is 86.4 cm³/mol. The lowest BCUT2D eigenvalue weighted by Gasteiger charge is -2.32. The Labute approximate surface area is 140 Å². The van der Waals surface area contributed by atoms with Crippen LogP contribution in [0.5, 0.6) is 0 Å². The molecule has 0 bridgehead atoms. The first kappa shape index (κ1) is 17.0. The highest BCUT2D eigenvalue weighted by molar-refractivity contribution is 7.89. The van der Waals surface area contributed by atoms with Crippen LogP contribution in [0.25, 0.3) is 5.69 Å². The summed E-state index contributed by atoms with van der Waals surface area (Å²) < 4.78 is 38.6. The number of aromatic nitrogens is 3. The number of hydrogen-bond donors (Lipinski definition) is 1. The van der Waals surface area contributed by atoms with E-state index in [1.165, 1.54) is 23.5 Å². The molecule has 1 saturated heterocycles. The van der Waals surface area contributed by atoms with E-state index in [9.17, 15) is 12.8 Å². The minimum Gasteiger partial charge on any atom is -0.293 e. The molecule has 9 heteroatoms. The summed E-state index contributed by atoms with van der Waals surface area (Å²) in [6.45, 7) is 3.63. The average Bonchev–Trinajstić information content (AvgIpc) is 2.97. The molecular formula is C15H20FN5O2S. The van der Waals surface area contributed by atoms with Crippen molar-refractivity contribution in [3.8, 4) is 5.69 Å². The van der Waals surface area contributed by atoms with Crippen LogP contribution in [0.3, 0.4) is 0 Å². The minimum atomic E-state index is -3.92. The molecule has 0 spiro atoms. The summed E-state index contributed by atoms with van der Waals surface area (Å²) in [6, 6.07) is 3.81. The van der Waals surface area contributed by atoms with Gasteiger partial charge in [-0.25, -0.2) is 27.6 Å². The molecule has 1 aromatic carbocycles. The lowest BCUT2D eigenvalue weighted by molar-refractivity contribution is 0.148. The van der Waals surface area contributed by atoms with Gasteiger partial charge < -0.3 is 0 Å². The van der Waals surface area contributed by atoms with Gasteiger partial charge in [-0.2, -0.15) is 5.10 Å². The van der Waals surface area contributed by atoms with Crippen LogP contribution in [-0.2, 0) is 16.6 Å². The Kier molecular flexibility index (Phi) is 4.66. The summed E-state index contributed by atoms with van der Waals surface area (Å²) in [4.78, 5) is 6.33. The normalized spacial score (nSPS) is 19.5. The minimum absolute atomic E-state index is 0.0266. The zero-order valence-corrected chi connectivity index (χ0v) is 14.2. The van der Waals surface area contributed by atoms with Crippen LogP contribution >= 0.6 is 0 Å². The Bertz CT molecular complexity index is 836. The second kappa shape index (κ2) is 6.58. The van der Waals surface area contributed by atoms with E-state index in [0.29, 0.717) is 18.4 Å². The molecule has 0 saturated carbocycles. The molecule has 7 nitrogen and oxygen atoms in total. The number of piperidine rings is 1. The number of rotatable bonds is 4. The number of likely N-dealkylation sites (tertiary alicyclic amines) is 1.